The molecule has 1 aliphatic carbocycles. The summed E-state index contributed by atoms with van der Waals surface area (Å²) in [4.78, 5) is 0. The van der Waals surface area contributed by atoms with E-state index in [1.807, 2.05) is 6.92 Å². The summed E-state index contributed by atoms with van der Waals surface area (Å²) < 4.78 is 19.6. The number of benzene rings is 1. The number of nitrogens with two attached hydrogens (primary N) is 1. The van der Waals surface area contributed by atoms with Gasteiger partial charge in [-0.15, -0.1) is 0 Å². The third kappa shape index (κ3) is 4.20. The van der Waals surface area contributed by atoms with Crippen LogP contribution < -0.4 is 10.5 Å². The van der Waals surface area contributed by atoms with Gasteiger partial charge < -0.3 is 10.5 Å². The highest BCUT2D eigenvalue weighted by molar-refractivity contribution is 5.35. The minimum Gasteiger partial charge on any atom is -0.490 e. The fourth-order valence-electron chi connectivity index (χ4n) is 3.32. The molecule has 1 aromatic carbocycles. The van der Waals surface area contributed by atoms with E-state index in [-0.39, 0.29) is 18.0 Å². The maximum absolute atomic E-state index is 13.4. The number of halogens is 1. The van der Waals surface area contributed by atoms with E-state index in [1.165, 1.54) is 12.5 Å². The Hall–Kier alpha value is -1.09. The highest BCUT2D eigenvalue weighted by Gasteiger charge is 2.25. The van der Waals surface area contributed by atoms with E-state index in [2.05, 4.69) is 13.8 Å². The third-order valence-electron chi connectivity index (χ3n) is 3.99. The summed E-state index contributed by atoms with van der Waals surface area (Å²) in [6.07, 6.45) is 4.32. The van der Waals surface area contributed by atoms with Crippen LogP contribution in [0.4, 0.5) is 4.39 Å². The molecule has 0 radical (unpaired) electrons. The van der Waals surface area contributed by atoms with Crippen LogP contribution in [0.15, 0.2) is 18.2 Å². The smallest absolute Gasteiger partial charge is 0.123 e. The molecule has 0 heterocycles. The van der Waals surface area contributed by atoms with Crippen molar-refractivity contribution in [1.82, 2.24) is 0 Å². The second-order valence-electron chi connectivity index (χ2n) is 6.59. The summed E-state index contributed by atoms with van der Waals surface area (Å²) in [6, 6.07) is 4.77. The van der Waals surface area contributed by atoms with E-state index in [9.17, 15) is 4.39 Å². The Morgan fingerprint density at radius 3 is 2.50 bits per heavy atom. The summed E-state index contributed by atoms with van der Waals surface area (Å²) in [5.41, 5.74) is 6.72. The summed E-state index contributed by atoms with van der Waals surface area (Å²) in [5.74, 6) is 1.97. The number of hydrogen-bond acceptors (Lipinski definition) is 2. The maximum atomic E-state index is 13.4. The number of ether oxygens (including phenoxy) is 1. The van der Waals surface area contributed by atoms with Gasteiger partial charge in [-0.25, -0.2) is 4.39 Å². The molecule has 0 saturated heterocycles. The Bertz CT molecular complexity index is 437. The molecule has 3 heteroatoms. The van der Waals surface area contributed by atoms with Gasteiger partial charge >= 0.3 is 0 Å². The summed E-state index contributed by atoms with van der Waals surface area (Å²) in [5, 5.41) is 0. The van der Waals surface area contributed by atoms with E-state index in [1.54, 1.807) is 12.1 Å². The predicted molar refractivity (Wildman–Crippen MR) is 80.3 cm³/mol. The lowest BCUT2D eigenvalue weighted by molar-refractivity contribution is 0.0999. The standard InChI is InChI=1S/C17H26FNO/c1-11-6-12(2)8-16(7-11)20-17-5-4-15(18)10-14(17)9-13(3)19/h4-5,10-13,16H,6-9,19H2,1-3H3. The SMILES string of the molecule is CC(N)Cc1cc(F)ccc1OC1CC(C)CC(C)C1. The van der Waals surface area contributed by atoms with E-state index in [0.29, 0.717) is 18.3 Å². The zero-order valence-corrected chi connectivity index (χ0v) is 12.7. The lowest BCUT2D eigenvalue weighted by atomic mass is 9.82. The molecule has 2 N–H and O–H groups in total. The van der Waals surface area contributed by atoms with Crippen molar-refractivity contribution in [1.29, 1.82) is 0 Å². The van der Waals surface area contributed by atoms with Gasteiger partial charge in [0.25, 0.3) is 0 Å². The Balaban J connectivity index is 2.11. The topological polar surface area (TPSA) is 35.2 Å². The van der Waals surface area contributed by atoms with Crippen LogP contribution in [0.2, 0.25) is 0 Å². The highest BCUT2D eigenvalue weighted by Crippen LogP contribution is 2.32. The van der Waals surface area contributed by atoms with E-state index >= 15 is 0 Å². The molecule has 1 aromatic rings. The van der Waals surface area contributed by atoms with E-state index < -0.39 is 0 Å². The Morgan fingerprint density at radius 2 is 1.90 bits per heavy atom. The van der Waals surface area contributed by atoms with Crippen molar-refractivity contribution in [2.45, 2.75) is 58.6 Å². The number of hydrogen-bond donors (Lipinski definition) is 1. The molecular formula is C17H26FNO. The van der Waals surface area contributed by atoms with Crippen LogP contribution in [0.25, 0.3) is 0 Å². The van der Waals surface area contributed by atoms with Crippen LogP contribution >= 0.6 is 0 Å². The van der Waals surface area contributed by atoms with Crippen LogP contribution in [-0.4, -0.2) is 12.1 Å². The average Bonchev–Trinajstić information content (AvgIpc) is 2.30. The first-order chi connectivity index (χ1) is 9.44. The molecule has 0 aliphatic heterocycles. The van der Waals surface area contributed by atoms with E-state index in [4.69, 9.17) is 10.5 Å². The van der Waals surface area contributed by atoms with Crippen LogP contribution in [0, 0.1) is 17.7 Å². The average molecular weight is 279 g/mol. The van der Waals surface area contributed by atoms with Gasteiger partial charge in [0.15, 0.2) is 0 Å². The lowest BCUT2D eigenvalue weighted by Crippen LogP contribution is -2.29. The quantitative estimate of drug-likeness (QED) is 0.906. The maximum Gasteiger partial charge on any atom is 0.123 e. The van der Waals surface area contributed by atoms with E-state index in [0.717, 1.165) is 24.2 Å². The molecule has 2 rings (SSSR count). The molecule has 2 nitrogen and oxygen atoms in total. The summed E-state index contributed by atoms with van der Waals surface area (Å²) in [7, 11) is 0. The largest absolute Gasteiger partial charge is 0.490 e. The van der Waals surface area contributed by atoms with Gasteiger partial charge in [0.1, 0.15) is 11.6 Å². The zero-order chi connectivity index (χ0) is 14.7. The summed E-state index contributed by atoms with van der Waals surface area (Å²) >= 11 is 0. The van der Waals surface area contributed by atoms with Gasteiger partial charge in [0.05, 0.1) is 6.10 Å². The predicted octanol–water partition coefficient (Wildman–Crippen LogP) is 3.92. The minimum atomic E-state index is -0.224. The van der Waals surface area contributed by atoms with Crippen LogP contribution in [-0.2, 0) is 6.42 Å². The normalized spacial score (nSPS) is 28.1. The van der Waals surface area contributed by atoms with Gasteiger partial charge in [-0.1, -0.05) is 13.8 Å². The fraction of sp³-hybridized carbons (Fsp3) is 0.647. The van der Waals surface area contributed by atoms with Crippen LogP contribution in [0.1, 0.15) is 45.6 Å². The van der Waals surface area contributed by atoms with Gasteiger partial charge in [-0.3, -0.25) is 0 Å². The lowest BCUT2D eigenvalue weighted by Gasteiger charge is -2.32. The molecule has 112 valence electrons. The first kappa shape index (κ1) is 15.3. The van der Waals surface area contributed by atoms with Crippen molar-refractivity contribution in [3.63, 3.8) is 0 Å². The molecule has 3 unspecified atom stereocenters. The molecule has 1 aliphatic rings. The van der Waals surface area contributed by atoms with Crippen molar-refractivity contribution in [2.75, 3.05) is 0 Å². The van der Waals surface area contributed by atoms with Crippen LogP contribution in [0.3, 0.4) is 0 Å². The zero-order valence-electron chi connectivity index (χ0n) is 12.7. The third-order valence-corrected chi connectivity index (χ3v) is 3.99. The van der Waals surface area contributed by atoms with Gasteiger partial charge in [-0.05, 0) is 68.2 Å². The second-order valence-corrected chi connectivity index (χ2v) is 6.59. The molecule has 20 heavy (non-hydrogen) atoms. The van der Waals surface area contributed by atoms with Gasteiger partial charge in [-0.2, -0.15) is 0 Å². The molecule has 0 aromatic heterocycles. The molecule has 0 spiro atoms. The van der Waals surface area contributed by atoms with Gasteiger partial charge in [0, 0.05) is 6.04 Å². The van der Waals surface area contributed by atoms with Crippen molar-refractivity contribution in [3.05, 3.63) is 29.6 Å². The highest BCUT2D eigenvalue weighted by atomic mass is 19.1. The van der Waals surface area contributed by atoms with Crippen molar-refractivity contribution in [2.24, 2.45) is 17.6 Å². The monoisotopic (exact) mass is 279 g/mol. The van der Waals surface area contributed by atoms with Crippen molar-refractivity contribution >= 4 is 0 Å². The van der Waals surface area contributed by atoms with Gasteiger partial charge in [0.2, 0.25) is 0 Å². The molecule has 0 amide bonds. The first-order valence-electron chi connectivity index (χ1n) is 7.64. The Kier molecular flexibility index (Phi) is 5.03. The van der Waals surface area contributed by atoms with Crippen LogP contribution in [0.5, 0.6) is 5.75 Å². The first-order valence-corrected chi connectivity index (χ1v) is 7.64. The molecule has 0 bridgehead atoms. The van der Waals surface area contributed by atoms with Crippen molar-refractivity contribution < 1.29 is 9.13 Å². The molecular weight excluding hydrogens is 253 g/mol. The molecule has 3 atom stereocenters. The second kappa shape index (κ2) is 6.57. The molecule has 1 saturated carbocycles. The number of rotatable bonds is 4. The fourth-order valence-corrected chi connectivity index (χ4v) is 3.32. The van der Waals surface area contributed by atoms with Crippen molar-refractivity contribution in [3.8, 4) is 5.75 Å². The Morgan fingerprint density at radius 1 is 1.25 bits per heavy atom. The molecule has 1 fully saturated rings. The summed E-state index contributed by atoms with van der Waals surface area (Å²) in [6.45, 7) is 6.48. The minimum absolute atomic E-state index is 0.00310. The Labute approximate surface area is 121 Å².